The van der Waals surface area contributed by atoms with Crippen LogP contribution in [0.2, 0.25) is 0 Å². The van der Waals surface area contributed by atoms with E-state index in [2.05, 4.69) is 0 Å². The fourth-order valence-electron chi connectivity index (χ4n) is 2.82. The van der Waals surface area contributed by atoms with Gasteiger partial charge >= 0.3 is 0 Å². The zero-order chi connectivity index (χ0) is 17.1. The van der Waals surface area contributed by atoms with Crippen molar-refractivity contribution >= 4 is 23.2 Å². The van der Waals surface area contributed by atoms with Crippen LogP contribution in [0.25, 0.3) is 0 Å². The summed E-state index contributed by atoms with van der Waals surface area (Å²) in [6.07, 6.45) is 0.423. The van der Waals surface area contributed by atoms with Crippen LogP contribution in [-0.2, 0) is 11.2 Å². The van der Waals surface area contributed by atoms with Crippen molar-refractivity contribution in [2.24, 2.45) is 0 Å². The summed E-state index contributed by atoms with van der Waals surface area (Å²) < 4.78 is 0. The molecule has 0 bridgehead atoms. The lowest BCUT2D eigenvalue weighted by atomic mass is 10.1. The highest BCUT2D eigenvalue weighted by Crippen LogP contribution is 2.20. The summed E-state index contributed by atoms with van der Waals surface area (Å²) in [6, 6.07) is 10.6. The van der Waals surface area contributed by atoms with Crippen LogP contribution < -0.4 is 0 Å². The molecule has 1 saturated heterocycles. The lowest BCUT2D eigenvalue weighted by Crippen LogP contribution is -2.51. The Labute approximate surface area is 145 Å². The number of aryl methyl sites for hydroxylation is 1. The Morgan fingerprint density at radius 2 is 1.71 bits per heavy atom. The van der Waals surface area contributed by atoms with Gasteiger partial charge in [-0.1, -0.05) is 12.1 Å². The first kappa shape index (κ1) is 16.5. The molecule has 3 rings (SSSR count). The Morgan fingerprint density at radius 3 is 2.33 bits per heavy atom. The fraction of sp³-hybridized carbons (Fsp3) is 0.333. The standard InChI is InChI=1S/C18H20N2O3S/c1-13-6-7-14(24-13)12-17(22)19-8-10-20(11-9-19)18(23)15-4-2-3-5-16(15)21/h2-7,21H,8-12H2,1H3. The quantitative estimate of drug-likeness (QED) is 0.929. The van der Waals surface area contributed by atoms with E-state index in [1.165, 1.54) is 10.9 Å². The van der Waals surface area contributed by atoms with E-state index in [-0.39, 0.29) is 17.6 Å². The molecule has 1 N–H and O–H groups in total. The molecule has 2 amide bonds. The van der Waals surface area contributed by atoms with Crippen LogP contribution in [0.4, 0.5) is 0 Å². The second kappa shape index (κ2) is 7.05. The molecule has 0 atom stereocenters. The summed E-state index contributed by atoms with van der Waals surface area (Å²) in [5.74, 6) is -0.0883. The largest absolute Gasteiger partial charge is 0.507 e. The van der Waals surface area contributed by atoms with E-state index < -0.39 is 0 Å². The van der Waals surface area contributed by atoms with Crippen molar-refractivity contribution in [1.29, 1.82) is 0 Å². The molecule has 0 radical (unpaired) electrons. The van der Waals surface area contributed by atoms with Gasteiger partial charge in [0.2, 0.25) is 5.91 Å². The van der Waals surface area contributed by atoms with Gasteiger partial charge in [-0.25, -0.2) is 0 Å². The van der Waals surface area contributed by atoms with Gasteiger partial charge in [-0.3, -0.25) is 9.59 Å². The van der Waals surface area contributed by atoms with Crippen molar-refractivity contribution in [3.8, 4) is 5.75 Å². The Kier molecular flexibility index (Phi) is 4.85. The number of aromatic hydroxyl groups is 1. The molecule has 126 valence electrons. The van der Waals surface area contributed by atoms with Gasteiger partial charge in [-0.2, -0.15) is 0 Å². The third-order valence-corrected chi connectivity index (χ3v) is 5.18. The first-order valence-electron chi connectivity index (χ1n) is 7.95. The van der Waals surface area contributed by atoms with Crippen molar-refractivity contribution < 1.29 is 14.7 Å². The first-order valence-corrected chi connectivity index (χ1v) is 8.76. The molecule has 5 nitrogen and oxygen atoms in total. The maximum atomic E-state index is 12.5. The molecule has 0 unspecified atom stereocenters. The van der Waals surface area contributed by atoms with E-state index in [9.17, 15) is 14.7 Å². The highest BCUT2D eigenvalue weighted by atomic mass is 32.1. The lowest BCUT2D eigenvalue weighted by molar-refractivity contribution is -0.131. The van der Waals surface area contributed by atoms with Crippen LogP contribution >= 0.6 is 11.3 Å². The zero-order valence-electron chi connectivity index (χ0n) is 13.6. The third kappa shape index (κ3) is 3.59. The lowest BCUT2D eigenvalue weighted by Gasteiger charge is -2.35. The first-order chi connectivity index (χ1) is 11.5. The Morgan fingerprint density at radius 1 is 1.04 bits per heavy atom. The van der Waals surface area contributed by atoms with Gasteiger partial charge in [-0.15, -0.1) is 11.3 Å². The minimum absolute atomic E-state index is 0.00549. The summed E-state index contributed by atoms with van der Waals surface area (Å²) in [5, 5.41) is 9.81. The number of benzene rings is 1. The summed E-state index contributed by atoms with van der Waals surface area (Å²) >= 11 is 1.64. The smallest absolute Gasteiger partial charge is 0.257 e. The van der Waals surface area contributed by atoms with Crippen molar-refractivity contribution in [3.05, 3.63) is 51.7 Å². The predicted octanol–water partition coefficient (Wildman–Crippen LogP) is 2.29. The van der Waals surface area contributed by atoms with Crippen LogP contribution in [-0.4, -0.2) is 52.9 Å². The second-order valence-corrected chi connectivity index (χ2v) is 7.25. The molecule has 24 heavy (non-hydrogen) atoms. The molecule has 1 aliphatic heterocycles. The molecule has 2 heterocycles. The van der Waals surface area contributed by atoms with Crippen molar-refractivity contribution in [2.75, 3.05) is 26.2 Å². The van der Waals surface area contributed by atoms with Gasteiger partial charge in [0.15, 0.2) is 0 Å². The van der Waals surface area contributed by atoms with Gasteiger partial charge in [0.05, 0.1) is 12.0 Å². The van der Waals surface area contributed by atoms with Crippen molar-refractivity contribution in [1.82, 2.24) is 9.80 Å². The highest BCUT2D eigenvalue weighted by Gasteiger charge is 2.26. The number of hydrogen-bond acceptors (Lipinski definition) is 4. The van der Waals surface area contributed by atoms with E-state index in [0.29, 0.717) is 38.2 Å². The van der Waals surface area contributed by atoms with Crippen LogP contribution in [0.5, 0.6) is 5.75 Å². The number of phenolic OH excluding ortho intramolecular Hbond substituents is 1. The number of amides is 2. The minimum atomic E-state index is -0.186. The van der Waals surface area contributed by atoms with Gasteiger partial charge in [-0.05, 0) is 31.2 Å². The van der Waals surface area contributed by atoms with E-state index in [4.69, 9.17) is 0 Å². The van der Waals surface area contributed by atoms with E-state index in [0.717, 1.165) is 4.88 Å². The van der Waals surface area contributed by atoms with Crippen LogP contribution in [0, 0.1) is 6.92 Å². The van der Waals surface area contributed by atoms with Crippen LogP contribution in [0.15, 0.2) is 36.4 Å². The third-order valence-electron chi connectivity index (χ3n) is 4.18. The SMILES string of the molecule is Cc1ccc(CC(=O)N2CCN(C(=O)c3ccccc3O)CC2)s1. The number of thiophene rings is 1. The summed E-state index contributed by atoms with van der Waals surface area (Å²) in [6.45, 7) is 4.07. The van der Waals surface area contributed by atoms with Gasteiger partial charge in [0.1, 0.15) is 5.75 Å². The molecule has 1 aliphatic rings. The Hall–Kier alpha value is -2.34. The van der Waals surface area contributed by atoms with Crippen molar-refractivity contribution in [2.45, 2.75) is 13.3 Å². The second-order valence-electron chi connectivity index (χ2n) is 5.88. The Bertz CT molecular complexity index is 748. The van der Waals surface area contributed by atoms with Crippen LogP contribution in [0.3, 0.4) is 0 Å². The maximum Gasteiger partial charge on any atom is 0.257 e. The number of nitrogens with zero attached hydrogens (tertiary/aromatic N) is 2. The number of rotatable bonds is 3. The Balaban J connectivity index is 1.56. The molecule has 6 heteroatoms. The predicted molar refractivity (Wildman–Crippen MR) is 93.4 cm³/mol. The van der Waals surface area contributed by atoms with E-state index in [1.54, 1.807) is 34.4 Å². The number of piperazine rings is 1. The van der Waals surface area contributed by atoms with Gasteiger partial charge in [0.25, 0.3) is 5.91 Å². The molecule has 2 aromatic rings. The topological polar surface area (TPSA) is 60.9 Å². The monoisotopic (exact) mass is 344 g/mol. The van der Waals surface area contributed by atoms with Gasteiger partial charge in [0, 0.05) is 35.9 Å². The molecule has 0 aliphatic carbocycles. The molecule has 0 spiro atoms. The number of carbonyl (C=O) groups excluding carboxylic acids is 2. The summed E-state index contributed by atoms with van der Waals surface area (Å²) in [7, 11) is 0. The molecular weight excluding hydrogens is 324 g/mol. The fourth-order valence-corrected chi connectivity index (χ4v) is 3.71. The zero-order valence-corrected chi connectivity index (χ0v) is 14.4. The summed E-state index contributed by atoms with van der Waals surface area (Å²) in [4.78, 5) is 30.6. The molecule has 0 saturated carbocycles. The van der Waals surface area contributed by atoms with Gasteiger partial charge < -0.3 is 14.9 Å². The average molecular weight is 344 g/mol. The van der Waals surface area contributed by atoms with Crippen LogP contribution in [0.1, 0.15) is 20.1 Å². The minimum Gasteiger partial charge on any atom is -0.507 e. The molecule has 1 fully saturated rings. The number of phenols is 1. The van der Waals surface area contributed by atoms with E-state index >= 15 is 0 Å². The number of carbonyl (C=O) groups is 2. The van der Waals surface area contributed by atoms with Crippen molar-refractivity contribution in [3.63, 3.8) is 0 Å². The average Bonchev–Trinajstić information content (AvgIpc) is 2.99. The van der Waals surface area contributed by atoms with E-state index in [1.807, 2.05) is 24.0 Å². The molecular formula is C18H20N2O3S. The number of hydrogen-bond donors (Lipinski definition) is 1. The maximum absolute atomic E-state index is 12.5. The molecule has 1 aromatic heterocycles. The normalized spacial score (nSPS) is 14.7. The highest BCUT2D eigenvalue weighted by molar-refractivity contribution is 7.12. The number of para-hydroxylation sites is 1. The molecule has 1 aromatic carbocycles. The summed E-state index contributed by atoms with van der Waals surface area (Å²) in [5.41, 5.74) is 0.311.